The lowest BCUT2D eigenvalue weighted by molar-refractivity contribution is 0.747. The normalized spacial score (nSPS) is 13.9. The van der Waals surface area contributed by atoms with E-state index in [-0.39, 0.29) is 5.49 Å². The number of nitrogens with one attached hydrogen (secondary N) is 2. The van der Waals surface area contributed by atoms with Crippen LogP contribution in [0.1, 0.15) is 18.9 Å². The summed E-state index contributed by atoms with van der Waals surface area (Å²) in [6.45, 7) is 2.53. The molecule has 0 fully saturated rings. The van der Waals surface area contributed by atoms with Gasteiger partial charge < -0.3 is 4.90 Å². The second-order valence-electron chi connectivity index (χ2n) is 4.94. The number of anilines is 2. The summed E-state index contributed by atoms with van der Waals surface area (Å²) in [6.07, 6.45) is 5.43. The van der Waals surface area contributed by atoms with Gasteiger partial charge in [0.25, 0.3) is 0 Å². The zero-order valence-corrected chi connectivity index (χ0v) is 11.4. The lowest BCUT2D eigenvalue weighted by Crippen LogP contribution is -2.35. The van der Waals surface area contributed by atoms with Gasteiger partial charge in [0.1, 0.15) is 5.84 Å². The van der Waals surface area contributed by atoms with E-state index in [9.17, 15) is 0 Å². The molecule has 0 saturated heterocycles. The molecule has 3 rings (SSSR count). The molecule has 0 radical (unpaired) electrons. The van der Waals surface area contributed by atoms with Gasteiger partial charge in [0.15, 0.2) is 11.3 Å². The van der Waals surface area contributed by atoms with E-state index in [2.05, 4.69) is 22.0 Å². The molecule has 102 valence electrons. The number of rotatable bonds is 1. The number of fused-ring (bicyclic) bond motifs is 1. The van der Waals surface area contributed by atoms with Crippen LogP contribution < -0.4 is 10.4 Å². The summed E-state index contributed by atoms with van der Waals surface area (Å²) < 4.78 is 1.54. The monoisotopic (exact) mass is 267 g/mol. The molecule has 0 amide bonds. The van der Waals surface area contributed by atoms with Crippen LogP contribution in [0.15, 0.2) is 36.7 Å². The number of aromatic nitrogens is 2. The minimum atomic E-state index is 0.261. The zero-order valence-electron chi connectivity index (χ0n) is 11.4. The summed E-state index contributed by atoms with van der Waals surface area (Å²) in [5, 5.41) is 16.0. The summed E-state index contributed by atoms with van der Waals surface area (Å²) in [5.74, 6) is 0.940. The Balaban J connectivity index is 2.14. The van der Waals surface area contributed by atoms with Gasteiger partial charge in [-0.05, 0) is 31.4 Å². The Labute approximate surface area is 117 Å². The van der Waals surface area contributed by atoms with E-state index in [0.29, 0.717) is 11.7 Å². The van der Waals surface area contributed by atoms with Crippen LogP contribution in [-0.2, 0) is 6.42 Å². The molecule has 0 saturated carbocycles. The van der Waals surface area contributed by atoms with Crippen LogP contribution in [0, 0.1) is 10.8 Å². The van der Waals surface area contributed by atoms with Crippen molar-refractivity contribution in [3.8, 4) is 0 Å². The minimum Gasteiger partial charge on any atom is -0.323 e. The quantitative estimate of drug-likeness (QED) is 0.615. The summed E-state index contributed by atoms with van der Waals surface area (Å²) in [4.78, 5) is 6.45. The highest BCUT2D eigenvalue weighted by atomic mass is 15.2. The second kappa shape index (κ2) is 4.92. The van der Waals surface area contributed by atoms with Crippen molar-refractivity contribution in [3.05, 3.63) is 47.7 Å². The van der Waals surface area contributed by atoms with Gasteiger partial charge in [0.2, 0.25) is 0 Å². The number of hydrogen-bond donors (Lipinski definition) is 2. The van der Waals surface area contributed by atoms with Crippen molar-refractivity contribution in [1.82, 2.24) is 9.55 Å². The Bertz CT molecular complexity index is 716. The van der Waals surface area contributed by atoms with Crippen LogP contribution in [0.3, 0.4) is 0 Å². The first-order valence-electron chi connectivity index (χ1n) is 6.71. The Kier molecular flexibility index (Phi) is 3.10. The molecule has 5 nitrogen and oxygen atoms in total. The van der Waals surface area contributed by atoms with Crippen molar-refractivity contribution < 1.29 is 0 Å². The number of para-hydroxylation sites is 1. The maximum Gasteiger partial charge on any atom is 0.176 e. The van der Waals surface area contributed by atoms with Gasteiger partial charge in [0, 0.05) is 24.6 Å². The third-order valence-corrected chi connectivity index (χ3v) is 3.59. The van der Waals surface area contributed by atoms with E-state index in [1.165, 1.54) is 5.56 Å². The van der Waals surface area contributed by atoms with Crippen molar-refractivity contribution in [2.75, 3.05) is 11.4 Å². The molecule has 2 N–H and O–H groups in total. The number of benzene rings is 1. The molecule has 0 atom stereocenters. The second-order valence-corrected chi connectivity index (χ2v) is 4.94. The van der Waals surface area contributed by atoms with Crippen LogP contribution in [0.2, 0.25) is 0 Å². The molecule has 2 heterocycles. The molecular weight excluding hydrogens is 250 g/mol. The highest BCUT2D eigenvalue weighted by Gasteiger charge is 2.20. The van der Waals surface area contributed by atoms with E-state index in [0.717, 1.165) is 25.1 Å². The topological polar surface area (TPSA) is 68.8 Å². The van der Waals surface area contributed by atoms with Crippen LogP contribution in [0.4, 0.5) is 11.5 Å². The molecule has 2 aromatic rings. The van der Waals surface area contributed by atoms with Gasteiger partial charge >= 0.3 is 0 Å². The first kappa shape index (κ1) is 12.6. The predicted molar refractivity (Wildman–Crippen MR) is 78.6 cm³/mol. The van der Waals surface area contributed by atoms with Crippen molar-refractivity contribution >= 4 is 17.3 Å². The molecule has 0 bridgehead atoms. The standard InChI is InChI=1S/C15H17N5/c1-11(16)19-10-8-18-15(14(19)17)20-9-4-6-12-5-2-3-7-13(12)20/h2-3,5,7-8,10,16-17H,4,6,9H2,1H3. The third-order valence-electron chi connectivity index (χ3n) is 3.59. The summed E-state index contributed by atoms with van der Waals surface area (Å²) in [7, 11) is 0. The van der Waals surface area contributed by atoms with Crippen LogP contribution in [-0.4, -0.2) is 21.9 Å². The smallest absolute Gasteiger partial charge is 0.176 e. The highest BCUT2D eigenvalue weighted by molar-refractivity contribution is 5.79. The molecule has 20 heavy (non-hydrogen) atoms. The van der Waals surface area contributed by atoms with E-state index in [1.54, 1.807) is 23.9 Å². The van der Waals surface area contributed by atoms with Crippen LogP contribution in [0.5, 0.6) is 0 Å². The lowest BCUT2D eigenvalue weighted by atomic mass is 10.0. The SMILES string of the molecule is CC(=N)n1ccnc(N2CCCc3ccccc32)c1=N. The predicted octanol–water partition coefficient (Wildman–Crippen LogP) is 2.29. The average molecular weight is 267 g/mol. The van der Waals surface area contributed by atoms with Crippen LogP contribution in [0.25, 0.3) is 0 Å². The average Bonchev–Trinajstić information content (AvgIpc) is 2.47. The van der Waals surface area contributed by atoms with Crippen LogP contribution >= 0.6 is 0 Å². The van der Waals surface area contributed by atoms with E-state index < -0.39 is 0 Å². The van der Waals surface area contributed by atoms with E-state index in [4.69, 9.17) is 10.8 Å². The van der Waals surface area contributed by atoms with Gasteiger partial charge in [-0.2, -0.15) is 0 Å². The fourth-order valence-corrected chi connectivity index (χ4v) is 2.64. The highest BCUT2D eigenvalue weighted by Crippen LogP contribution is 2.30. The molecule has 5 heteroatoms. The number of aryl methyl sites for hydroxylation is 1. The molecule has 1 aromatic heterocycles. The maximum absolute atomic E-state index is 8.27. The maximum atomic E-state index is 8.27. The molecule has 1 aromatic carbocycles. The fourth-order valence-electron chi connectivity index (χ4n) is 2.64. The summed E-state index contributed by atoms with van der Waals surface area (Å²) in [5.41, 5.74) is 2.68. The van der Waals surface area contributed by atoms with Gasteiger partial charge in [-0.1, -0.05) is 18.2 Å². The first-order valence-corrected chi connectivity index (χ1v) is 6.71. The van der Waals surface area contributed by atoms with Gasteiger partial charge in [-0.15, -0.1) is 0 Å². The lowest BCUT2D eigenvalue weighted by Gasteiger charge is -2.30. The van der Waals surface area contributed by atoms with Gasteiger partial charge in [-0.3, -0.25) is 15.4 Å². The van der Waals surface area contributed by atoms with E-state index in [1.807, 2.05) is 12.1 Å². The van der Waals surface area contributed by atoms with Gasteiger partial charge in [-0.25, -0.2) is 4.98 Å². The van der Waals surface area contributed by atoms with Crippen molar-refractivity contribution in [1.29, 1.82) is 10.8 Å². The largest absolute Gasteiger partial charge is 0.323 e. The molecular formula is C15H17N5. The third kappa shape index (κ3) is 2.01. The summed E-state index contributed by atoms with van der Waals surface area (Å²) in [6, 6.07) is 8.26. The Hall–Kier alpha value is -2.43. The van der Waals surface area contributed by atoms with Crippen molar-refractivity contribution in [2.24, 2.45) is 0 Å². The Morgan fingerprint density at radius 1 is 1.30 bits per heavy atom. The molecule has 0 spiro atoms. The molecule has 1 aliphatic rings. The fraction of sp³-hybridized carbons (Fsp3) is 0.267. The number of hydrogen-bond acceptors (Lipinski definition) is 4. The van der Waals surface area contributed by atoms with Crippen molar-refractivity contribution in [2.45, 2.75) is 19.8 Å². The van der Waals surface area contributed by atoms with Gasteiger partial charge in [0.05, 0.1) is 0 Å². The van der Waals surface area contributed by atoms with Crippen molar-refractivity contribution in [3.63, 3.8) is 0 Å². The summed E-state index contributed by atoms with van der Waals surface area (Å²) >= 11 is 0. The Morgan fingerprint density at radius 3 is 2.90 bits per heavy atom. The Morgan fingerprint density at radius 2 is 2.10 bits per heavy atom. The van der Waals surface area contributed by atoms with E-state index >= 15 is 0 Å². The first-order chi connectivity index (χ1) is 9.68. The zero-order chi connectivity index (χ0) is 14.1. The molecule has 0 aliphatic carbocycles. The number of nitrogens with zero attached hydrogens (tertiary/aromatic N) is 3. The molecule has 1 aliphatic heterocycles. The molecule has 0 unspecified atom stereocenters. The minimum absolute atomic E-state index is 0.261.